The fraction of sp³-hybridized carbons (Fsp3) is 0.350. The molecule has 6 heteroatoms. The van der Waals surface area contributed by atoms with Gasteiger partial charge in [-0.25, -0.2) is 5.01 Å². The van der Waals surface area contributed by atoms with Gasteiger partial charge in [0.2, 0.25) is 5.91 Å². The smallest absolute Gasteiger partial charge is 0.262 e. The molecule has 0 N–H and O–H groups in total. The van der Waals surface area contributed by atoms with E-state index in [2.05, 4.69) is 31.1 Å². The molecule has 0 spiro atoms. The standard InChI is InChI=1S/C20H23N3O3/c1-13-7-8-16(10-14(13)2)17-11-18(19-6-5-9-26-19)23(21-17)20(25)12-22(4)15(3)24/h5-10,18H,11-12H2,1-4H3/t18-/m0/s1. The van der Waals surface area contributed by atoms with Crippen LogP contribution in [0, 0.1) is 13.8 Å². The van der Waals surface area contributed by atoms with Gasteiger partial charge in [0.05, 0.1) is 12.0 Å². The van der Waals surface area contributed by atoms with E-state index in [0.29, 0.717) is 12.2 Å². The van der Waals surface area contributed by atoms with Crippen LogP contribution in [0.2, 0.25) is 0 Å². The van der Waals surface area contributed by atoms with Crippen LogP contribution in [-0.2, 0) is 9.59 Å². The molecule has 0 fully saturated rings. The lowest BCUT2D eigenvalue weighted by atomic mass is 9.99. The molecule has 136 valence electrons. The van der Waals surface area contributed by atoms with Gasteiger partial charge >= 0.3 is 0 Å². The topological polar surface area (TPSA) is 66.1 Å². The zero-order chi connectivity index (χ0) is 18.8. The van der Waals surface area contributed by atoms with Crippen molar-refractivity contribution >= 4 is 17.5 Å². The number of furan rings is 1. The summed E-state index contributed by atoms with van der Waals surface area (Å²) in [7, 11) is 1.60. The van der Waals surface area contributed by atoms with E-state index < -0.39 is 0 Å². The second-order valence-corrected chi connectivity index (χ2v) is 6.69. The van der Waals surface area contributed by atoms with Crippen molar-refractivity contribution in [1.82, 2.24) is 9.91 Å². The lowest BCUT2D eigenvalue weighted by molar-refractivity contribution is -0.139. The normalized spacial score (nSPS) is 16.5. The van der Waals surface area contributed by atoms with Gasteiger partial charge in [0.1, 0.15) is 18.3 Å². The highest BCUT2D eigenvalue weighted by Crippen LogP contribution is 2.33. The van der Waals surface area contributed by atoms with Crippen molar-refractivity contribution in [3.63, 3.8) is 0 Å². The van der Waals surface area contributed by atoms with Crippen molar-refractivity contribution < 1.29 is 14.0 Å². The van der Waals surface area contributed by atoms with Crippen molar-refractivity contribution in [3.05, 3.63) is 59.0 Å². The molecule has 0 bridgehead atoms. The highest BCUT2D eigenvalue weighted by molar-refractivity contribution is 6.03. The van der Waals surface area contributed by atoms with Gasteiger partial charge in [-0.05, 0) is 48.7 Å². The van der Waals surface area contributed by atoms with Gasteiger partial charge in [-0.3, -0.25) is 9.59 Å². The van der Waals surface area contributed by atoms with Crippen LogP contribution in [0.15, 0.2) is 46.1 Å². The molecule has 2 heterocycles. The third-order valence-electron chi connectivity index (χ3n) is 4.79. The minimum atomic E-state index is -0.297. The molecule has 1 atom stereocenters. The van der Waals surface area contributed by atoms with Crippen LogP contribution < -0.4 is 0 Å². The van der Waals surface area contributed by atoms with E-state index in [1.807, 2.05) is 12.1 Å². The first-order valence-corrected chi connectivity index (χ1v) is 8.59. The fourth-order valence-corrected chi connectivity index (χ4v) is 2.92. The minimum Gasteiger partial charge on any atom is -0.467 e. The molecular formula is C20H23N3O3. The van der Waals surface area contributed by atoms with E-state index >= 15 is 0 Å². The van der Waals surface area contributed by atoms with Crippen LogP contribution in [0.5, 0.6) is 0 Å². The number of hydrogen-bond acceptors (Lipinski definition) is 4. The molecule has 1 aliphatic rings. The molecular weight excluding hydrogens is 330 g/mol. The maximum Gasteiger partial charge on any atom is 0.262 e. The number of hydrazone groups is 1. The number of nitrogens with zero attached hydrogens (tertiary/aromatic N) is 3. The van der Waals surface area contributed by atoms with Gasteiger partial charge < -0.3 is 9.32 Å². The number of hydrogen-bond donors (Lipinski definition) is 0. The number of likely N-dealkylation sites (N-methyl/N-ethyl adjacent to an activating group) is 1. The van der Waals surface area contributed by atoms with E-state index in [1.165, 1.54) is 28.0 Å². The van der Waals surface area contributed by atoms with E-state index in [4.69, 9.17) is 4.42 Å². The van der Waals surface area contributed by atoms with Gasteiger partial charge in [-0.2, -0.15) is 5.10 Å². The molecule has 3 rings (SSSR count). The van der Waals surface area contributed by atoms with Gasteiger partial charge in [-0.1, -0.05) is 12.1 Å². The quantitative estimate of drug-likeness (QED) is 0.848. The van der Waals surface area contributed by atoms with E-state index in [0.717, 1.165) is 11.3 Å². The lowest BCUT2D eigenvalue weighted by Crippen LogP contribution is -2.38. The summed E-state index contributed by atoms with van der Waals surface area (Å²) in [5.74, 6) is 0.291. The number of carbonyl (C=O) groups is 2. The third kappa shape index (κ3) is 3.54. The summed E-state index contributed by atoms with van der Waals surface area (Å²) in [5.41, 5.74) is 4.24. The number of carbonyl (C=O) groups excluding carboxylic acids is 2. The Morgan fingerprint density at radius 2 is 2.04 bits per heavy atom. The summed E-state index contributed by atoms with van der Waals surface area (Å²) < 4.78 is 5.53. The van der Waals surface area contributed by atoms with Crippen molar-refractivity contribution in [2.45, 2.75) is 33.2 Å². The van der Waals surface area contributed by atoms with Gasteiger partial charge in [0.25, 0.3) is 5.91 Å². The molecule has 26 heavy (non-hydrogen) atoms. The maximum atomic E-state index is 12.7. The van der Waals surface area contributed by atoms with Crippen molar-refractivity contribution in [3.8, 4) is 0 Å². The van der Waals surface area contributed by atoms with E-state index in [-0.39, 0.29) is 24.4 Å². The molecule has 1 aliphatic heterocycles. The first kappa shape index (κ1) is 17.9. The zero-order valence-electron chi connectivity index (χ0n) is 15.5. The van der Waals surface area contributed by atoms with E-state index in [9.17, 15) is 9.59 Å². The molecule has 0 saturated carbocycles. The Kier molecular flexibility index (Phi) is 4.93. The average molecular weight is 353 g/mol. The summed E-state index contributed by atoms with van der Waals surface area (Å²) in [6.45, 7) is 5.54. The van der Waals surface area contributed by atoms with Crippen LogP contribution in [0.3, 0.4) is 0 Å². The first-order chi connectivity index (χ1) is 12.4. The predicted octanol–water partition coefficient (Wildman–Crippen LogP) is 3.05. The van der Waals surface area contributed by atoms with Gasteiger partial charge in [-0.15, -0.1) is 0 Å². The van der Waals surface area contributed by atoms with Crippen LogP contribution in [0.25, 0.3) is 0 Å². The fourth-order valence-electron chi connectivity index (χ4n) is 2.92. The van der Waals surface area contributed by atoms with Crippen LogP contribution in [-0.4, -0.2) is 41.0 Å². The minimum absolute atomic E-state index is 0.0176. The molecule has 1 aromatic heterocycles. The highest BCUT2D eigenvalue weighted by atomic mass is 16.3. The number of amides is 2. The third-order valence-corrected chi connectivity index (χ3v) is 4.79. The molecule has 0 unspecified atom stereocenters. The second kappa shape index (κ2) is 7.15. The summed E-state index contributed by atoms with van der Waals surface area (Å²) in [5, 5.41) is 6.03. The number of benzene rings is 1. The first-order valence-electron chi connectivity index (χ1n) is 8.59. The molecule has 0 aliphatic carbocycles. The summed E-state index contributed by atoms with van der Waals surface area (Å²) in [6, 6.07) is 9.52. The van der Waals surface area contributed by atoms with Crippen molar-refractivity contribution in [1.29, 1.82) is 0 Å². The Hall–Kier alpha value is -2.89. The molecule has 1 aromatic carbocycles. The number of aryl methyl sites for hydroxylation is 2. The molecule has 6 nitrogen and oxygen atoms in total. The summed E-state index contributed by atoms with van der Waals surface area (Å²) in [4.78, 5) is 25.6. The maximum absolute atomic E-state index is 12.7. The lowest BCUT2D eigenvalue weighted by Gasteiger charge is -2.22. The zero-order valence-corrected chi connectivity index (χ0v) is 15.5. The Labute approximate surface area is 153 Å². The van der Waals surface area contributed by atoms with Crippen molar-refractivity contribution in [2.75, 3.05) is 13.6 Å². The SMILES string of the molecule is CC(=O)N(C)CC(=O)N1N=C(c2ccc(C)c(C)c2)C[C@H]1c1ccco1. The summed E-state index contributed by atoms with van der Waals surface area (Å²) in [6.07, 6.45) is 2.17. The molecule has 0 radical (unpaired) electrons. The Bertz CT molecular complexity index is 855. The molecule has 2 amide bonds. The number of rotatable bonds is 4. The Balaban J connectivity index is 1.91. The van der Waals surface area contributed by atoms with Gasteiger partial charge in [0.15, 0.2) is 0 Å². The average Bonchev–Trinajstić information content (AvgIpc) is 3.25. The van der Waals surface area contributed by atoms with Crippen LogP contribution in [0.4, 0.5) is 0 Å². The second-order valence-electron chi connectivity index (χ2n) is 6.69. The van der Waals surface area contributed by atoms with Crippen LogP contribution in [0.1, 0.15) is 41.8 Å². The largest absolute Gasteiger partial charge is 0.467 e. The Morgan fingerprint density at radius 1 is 1.27 bits per heavy atom. The van der Waals surface area contributed by atoms with E-state index in [1.54, 1.807) is 19.4 Å². The highest BCUT2D eigenvalue weighted by Gasteiger charge is 2.35. The van der Waals surface area contributed by atoms with Gasteiger partial charge in [0, 0.05) is 20.4 Å². The van der Waals surface area contributed by atoms with Crippen LogP contribution >= 0.6 is 0 Å². The molecule has 2 aromatic rings. The van der Waals surface area contributed by atoms with Crippen molar-refractivity contribution in [2.24, 2.45) is 5.10 Å². The predicted molar refractivity (Wildman–Crippen MR) is 98.7 cm³/mol. The molecule has 0 saturated heterocycles. The summed E-state index contributed by atoms with van der Waals surface area (Å²) >= 11 is 0. The Morgan fingerprint density at radius 3 is 2.65 bits per heavy atom. The monoisotopic (exact) mass is 353 g/mol.